The number of nitrogens with one attached hydrogen (secondary N) is 1. The molecule has 38 heavy (non-hydrogen) atoms. The van der Waals surface area contributed by atoms with E-state index in [0.29, 0.717) is 0 Å². The molecule has 6 rings (SSSR count). The molecule has 8 bridgehead atoms. The molecule has 0 saturated carbocycles. The molecule has 190 valence electrons. The monoisotopic (exact) mass is 498 g/mol. The smallest absolute Gasteiger partial charge is 0.0690 e. The molecule has 0 amide bonds. The summed E-state index contributed by atoms with van der Waals surface area (Å²) in [5, 5.41) is 0. The Bertz CT molecular complexity index is 1760. The van der Waals surface area contributed by atoms with Crippen molar-refractivity contribution in [3.05, 3.63) is 99.6 Å². The van der Waals surface area contributed by atoms with Crippen LogP contribution in [0.25, 0.3) is 50.0 Å². The van der Waals surface area contributed by atoms with Crippen molar-refractivity contribution in [3.63, 3.8) is 0 Å². The Balaban J connectivity index is 1.87. The summed E-state index contributed by atoms with van der Waals surface area (Å²) in [7, 11) is 0. The lowest BCUT2D eigenvalue weighted by atomic mass is 10.1. The summed E-state index contributed by atoms with van der Waals surface area (Å²) in [6.45, 7) is 17.5. The quantitative estimate of drug-likeness (QED) is 0.285. The van der Waals surface area contributed by atoms with Gasteiger partial charge in [0.15, 0.2) is 0 Å². The maximum Gasteiger partial charge on any atom is 0.0690 e. The van der Waals surface area contributed by atoms with Crippen LogP contribution in [0.5, 0.6) is 0 Å². The van der Waals surface area contributed by atoms with Crippen molar-refractivity contribution in [3.8, 4) is 5.69 Å². The van der Waals surface area contributed by atoms with Crippen LogP contribution in [-0.4, -0.2) is 19.5 Å². The Hall–Kier alpha value is -4.18. The van der Waals surface area contributed by atoms with Gasteiger partial charge in [-0.15, -0.1) is 0 Å². The third-order valence-corrected chi connectivity index (χ3v) is 8.72. The lowest BCUT2D eigenvalue weighted by molar-refractivity contribution is 1.16. The standard InChI is InChI=1S/C34H34N4/c1-18-19(2)28-15-30-21(4)23(6)32(37-30)17-34-25(8)24(7)33(38(34)26-12-10-9-11-13-26)16-31-22(5)20(3)29(36-31)14-27(18)35-28/h9-17,35H,1-8H3. The number of aryl methyl sites for hydroxylation is 4. The molecule has 2 aliphatic heterocycles. The fraction of sp³-hybridized carbons (Fsp3) is 0.235. The molecule has 5 heterocycles. The molecule has 1 aromatic carbocycles. The van der Waals surface area contributed by atoms with Crippen LogP contribution in [-0.2, 0) is 0 Å². The van der Waals surface area contributed by atoms with Gasteiger partial charge in [-0.2, -0.15) is 0 Å². The first kappa shape index (κ1) is 24.2. The van der Waals surface area contributed by atoms with Crippen molar-refractivity contribution < 1.29 is 0 Å². The first-order chi connectivity index (χ1) is 18.2. The van der Waals surface area contributed by atoms with Crippen molar-refractivity contribution >= 4 is 44.4 Å². The van der Waals surface area contributed by atoms with Gasteiger partial charge in [0.05, 0.1) is 33.8 Å². The highest BCUT2D eigenvalue weighted by Crippen LogP contribution is 2.35. The molecular formula is C34H34N4. The number of rotatable bonds is 1. The Morgan fingerprint density at radius 3 is 1.32 bits per heavy atom. The van der Waals surface area contributed by atoms with E-state index >= 15 is 0 Å². The summed E-state index contributed by atoms with van der Waals surface area (Å²) in [6.07, 6.45) is 0. The van der Waals surface area contributed by atoms with E-state index in [1.165, 1.54) is 44.5 Å². The van der Waals surface area contributed by atoms with Crippen molar-refractivity contribution in [1.82, 2.24) is 19.5 Å². The Labute approximate surface area is 224 Å². The highest BCUT2D eigenvalue weighted by atomic mass is 15.0. The van der Waals surface area contributed by atoms with E-state index in [-0.39, 0.29) is 0 Å². The van der Waals surface area contributed by atoms with Crippen molar-refractivity contribution in [2.75, 3.05) is 0 Å². The van der Waals surface area contributed by atoms with Crippen LogP contribution in [0.3, 0.4) is 0 Å². The second kappa shape index (κ2) is 8.70. The van der Waals surface area contributed by atoms with E-state index in [1.807, 2.05) is 0 Å². The number of aromatic nitrogens is 4. The van der Waals surface area contributed by atoms with Gasteiger partial charge in [0.25, 0.3) is 0 Å². The summed E-state index contributed by atoms with van der Waals surface area (Å²) in [6, 6.07) is 19.5. The van der Waals surface area contributed by atoms with E-state index in [9.17, 15) is 0 Å². The summed E-state index contributed by atoms with van der Waals surface area (Å²) in [4.78, 5) is 13.9. The van der Waals surface area contributed by atoms with Crippen LogP contribution in [0.4, 0.5) is 0 Å². The lowest BCUT2D eigenvalue weighted by Gasteiger charge is -2.08. The largest absolute Gasteiger partial charge is 0.355 e. The van der Waals surface area contributed by atoms with Gasteiger partial charge in [-0.25, -0.2) is 9.97 Å². The van der Waals surface area contributed by atoms with Crippen LogP contribution in [0.15, 0.2) is 54.6 Å². The zero-order chi connectivity index (χ0) is 26.9. The summed E-state index contributed by atoms with van der Waals surface area (Å²) < 4.78 is 2.36. The first-order valence-electron chi connectivity index (χ1n) is 13.3. The minimum atomic E-state index is 1.01. The normalized spacial score (nSPS) is 13.6. The van der Waals surface area contributed by atoms with E-state index in [1.54, 1.807) is 0 Å². The predicted molar refractivity (Wildman–Crippen MR) is 161 cm³/mol. The van der Waals surface area contributed by atoms with E-state index in [4.69, 9.17) is 9.97 Å². The lowest BCUT2D eigenvalue weighted by Crippen LogP contribution is -1.94. The zero-order valence-electron chi connectivity index (χ0n) is 23.5. The molecule has 0 aliphatic carbocycles. The van der Waals surface area contributed by atoms with Gasteiger partial charge in [-0.05, 0) is 136 Å². The molecule has 0 fully saturated rings. The third-order valence-electron chi connectivity index (χ3n) is 8.72. The summed E-state index contributed by atoms with van der Waals surface area (Å²) in [5.74, 6) is 0. The number of fused-ring (bicyclic) bond motifs is 8. The molecule has 4 aromatic rings. The van der Waals surface area contributed by atoms with Gasteiger partial charge in [-0.3, -0.25) is 0 Å². The summed E-state index contributed by atoms with van der Waals surface area (Å²) >= 11 is 0. The Morgan fingerprint density at radius 1 is 0.500 bits per heavy atom. The summed E-state index contributed by atoms with van der Waals surface area (Å²) in [5.41, 5.74) is 19.5. The fourth-order valence-electron chi connectivity index (χ4n) is 5.53. The van der Waals surface area contributed by atoms with Gasteiger partial charge in [0.2, 0.25) is 0 Å². The number of aromatic amines is 1. The number of hydrogen-bond donors (Lipinski definition) is 1. The molecule has 0 atom stereocenters. The maximum absolute atomic E-state index is 5.14. The molecule has 4 nitrogen and oxygen atoms in total. The number of H-pyrrole nitrogens is 1. The van der Waals surface area contributed by atoms with Crippen LogP contribution < -0.4 is 0 Å². The maximum atomic E-state index is 5.14. The first-order valence-corrected chi connectivity index (χ1v) is 13.3. The van der Waals surface area contributed by atoms with Gasteiger partial charge >= 0.3 is 0 Å². The molecule has 3 aromatic heterocycles. The highest BCUT2D eigenvalue weighted by molar-refractivity contribution is 5.94. The molecule has 0 unspecified atom stereocenters. The number of hydrogen-bond acceptors (Lipinski definition) is 2. The van der Waals surface area contributed by atoms with Gasteiger partial charge in [0.1, 0.15) is 0 Å². The van der Waals surface area contributed by atoms with Crippen LogP contribution in [0, 0.1) is 27.7 Å². The zero-order valence-corrected chi connectivity index (χ0v) is 23.5. The number of nitrogens with zero attached hydrogens (tertiary/aromatic N) is 3. The van der Waals surface area contributed by atoms with Crippen LogP contribution in [0.2, 0.25) is 0 Å². The van der Waals surface area contributed by atoms with Crippen molar-refractivity contribution in [2.24, 2.45) is 0 Å². The molecule has 1 N–H and O–H groups in total. The Kier molecular flexibility index (Phi) is 5.53. The van der Waals surface area contributed by atoms with E-state index in [0.717, 1.165) is 50.5 Å². The van der Waals surface area contributed by atoms with Crippen molar-refractivity contribution in [2.45, 2.75) is 55.4 Å². The highest BCUT2D eigenvalue weighted by Gasteiger charge is 2.19. The third kappa shape index (κ3) is 3.59. The Morgan fingerprint density at radius 2 is 0.895 bits per heavy atom. The minimum Gasteiger partial charge on any atom is -0.355 e. The van der Waals surface area contributed by atoms with Gasteiger partial charge in [0, 0.05) is 16.7 Å². The van der Waals surface area contributed by atoms with Crippen LogP contribution >= 0.6 is 0 Å². The SMILES string of the molecule is CC1=C(C)c2cc3c(C)c(C)c(cc4nc(cc5[nH]c(cc1n2)c(C)c5C)C(C)=C4C)n3-c1ccccc1. The predicted octanol–water partition coefficient (Wildman–Crippen LogP) is 8.91. The number of para-hydroxylation sites is 1. The van der Waals surface area contributed by atoms with Gasteiger partial charge < -0.3 is 9.55 Å². The second-order valence-corrected chi connectivity index (χ2v) is 10.7. The average Bonchev–Trinajstić information content (AvgIpc) is 3.52. The number of benzene rings is 1. The second-order valence-electron chi connectivity index (χ2n) is 10.7. The molecular weight excluding hydrogens is 464 g/mol. The van der Waals surface area contributed by atoms with E-state index in [2.05, 4.69) is 120 Å². The number of allylic oxidation sites excluding steroid dienone is 4. The fourth-order valence-corrected chi connectivity index (χ4v) is 5.53. The molecule has 4 heteroatoms. The van der Waals surface area contributed by atoms with Crippen LogP contribution in [0.1, 0.15) is 72.7 Å². The molecule has 2 aliphatic rings. The molecule has 0 saturated heterocycles. The van der Waals surface area contributed by atoms with E-state index < -0.39 is 0 Å². The van der Waals surface area contributed by atoms with Crippen molar-refractivity contribution in [1.29, 1.82) is 0 Å². The molecule has 0 spiro atoms. The topological polar surface area (TPSA) is 46.5 Å². The average molecular weight is 499 g/mol. The van der Waals surface area contributed by atoms with Gasteiger partial charge in [-0.1, -0.05) is 18.2 Å². The molecule has 0 radical (unpaired) electrons. The minimum absolute atomic E-state index is 1.01.